The van der Waals surface area contributed by atoms with Gasteiger partial charge in [0.1, 0.15) is 13.2 Å². The summed E-state index contributed by atoms with van der Waals surface area (Å²) in [5.41, 5.74) is 3.66. The number of likely N-dealkylation sites (tertiary alicyclic amines) is 1. The molecule has 5 heterocycles. The van der Waals surface area contributed by atoms with Gasteiger partial charge in [0.15, 0.2) is 11.5 Å². The van der Waals surface area contributed by atoms with Gasteiger partial charge in [0.25, 0.3) is 0 Å². The second kappa shape index (κ2) is 10.3. The zero-order valence-electron chi connectivity index (χ0n) is 19.4. The number of hydrogen-bond donors (Lipinski definition) is 1. The number of ether oxygens (including phenoxy) is 2. The van der Waals surface area contributed by atoms with Crippen molar-refractivity contribution in [2.24, 2.45) is 0 Å². The topological polar surface area (TPSA) is 79.8 Å². The fourth-order valence-electron chi connectivity index (χ4n) is 5.11. The van der Waals surface area contributed by atoms with Crippen LogP contribution in [0.25, 0.3) is 6.08 Å². The molecular weight excluding hydrogens is 454 g/mol. The van der Waals surface area contributed by atoms with Crippen LogP contribution >= 0.6 is 11.6 Å². The lowest BCUT2D eigenvalue weighted by atomic mass is 9.98. The summed E-state index contributed by atoms with van der Waals surface area (Å²) in [5.74, 6) is 1.69. The SMILES string of the molecule is C/C=C\c1ncc(Cl)c2c1N(C=O)CC2CN1CCC(NCc2cc3c(cn2)OCCO3)CC1. The van der Waals surface area contributed by atoms with Crippen molar-refractivity contribution in [2.45, 2.75) is 38.3 Å². The predicted octanol–water partition coefficient (Wildman–Crippen LogP) is 3.25. The van der Waals surface area contributed by atoms with Crippen molar-refractivity contribution in [1.82, 2.24) is 20.2 Å². The lowest BCUT2D eigenvalue weighted by molar-refractivity contribution is -0.107. The predicted molar refractivity (Wildman–Crippen MR) is 132 cm³/mol. The van der Waals surface area contributed by atoms with Crippen molar-refractivity contribution >= 4 is 29.8 Å². The van der Waals surface area contributed by atoms with Gasteiger partial charge in [-0.25, -0.2) is 0 Å². The number of allylic oxidation sites excluding steroid dienone is 1. The average Bonchev–Trinajstić information content (AvgIpc) is 3.24. The summed E-state index contributed by atoms with van der Waals surface area (Å²) < 4.78 is 11.2. The molecule has 9 heteroatoms. The summed E-state index contributed by atoms with van der Waals surface area (Å²) in [5, 5.41) is 4.28. The number of nitrogens with zero attached hydrogens (tertiary/aromatic N) is 4. The van der Waals surface area contributed by atoms with Crippen LogP contribution in [-0.2, 0) is 11.3 Å². The highest BCUT2D eigenvalue weighted by atomic mass is 35.5. The average molecular weight is 484 g/mol. The molecule has 0 aliphatic carbocycles. The van der Waals surface area contributed by atoms with Crippen LogP contribution in [0, 0.1) is 0 Å². The van der Waals surface area contributed by atoms with Crippen LogP contribution in [0.2, 0.25) is 5.02 Å². The van der Waals surface area contributed by atoms with Crippen molar-refractivity contribution < 1.29 is 14.3 Å². The second-order valence-corrected chi connectivity index (χ2v) is 9.39. The third kappa shape index (κ3) is 4.76. The first-order valence-electron chi connectivity index (χ1n) is 11.9. The minimum absolute atomic E-state index is 0.186. The first-order valence-corrected chi connectivity index (χ1v) is 12.3. The molecule has 3 aliphatic heterocycles. The van der Waals surface area contributed by atoms with Gasteiger partial charge < -0.3 is 24.6 Å². The number of pyridine rings is 2. The van der Waals surface area contributed by atoms with E-state index in [4.69, 9.17) is 21.1 Å². The van der Waals surface area contributed by atoms with Gasteiger partial charge in [0, 0.05) is 49.4 Å². The van der Waals surface area contributed by atoms with E-state index in [2.05, 4.69) is 20.2 Å². The largest absolute Gasteiger partial charge is 0.486 e. The van der Waals surface area contributed by atoms with Gasteiger partial charge in [0.2, 0.25) is 6.41 Å². The zero-order chi connectivity index (χ0) is 23.5. The maximum Gasteiger partial charge on any atom is 0.214 e. The molecule has 180 valence electrons. The molecule has 8 nitrogen and oxygen atoms in total. The molecule has 0 radical (unpaired) electrons. The molecular formula is C25H30ClN5O3. The summed E-state index contributed by atoms with van der Waals surface area (Å²) in [7, 11) is 0. The molecule has 2 aromatic heterocycles. The number of anilines is 1. The van der Waals surface area contributed by atoms with Gasteiger partial charge in [-0.3, -0.25) is 14.8 Å². The Kier molecular flexibility index (Phi) is 6.99. The number of hydrogen-bond acceptors (Lipinski definition) is 7. The number of carbonyl (C=O) groups excluding carboxylic acids is 1. The van der Waals surface area contributed by atoms with Gasteiger partial charge in [-0.1, -0.05) is 17.7 Å². The van der Waals surface area contributed by atoms with Gasteiger partial charge in [-0.2, -0.15) is 0 Å². The van der Waals surface area contributed by atoms with Crippen LogP contribution in [0.4, 0.5) is 5.69 Å². The second-order valence-electron chi connectivity index (χ2n) is 8.98. The number of piperidine rings is 1. The third-order valence-corrected chi connectivity index (χ3v) is 7.06. The maximum atomic E-state index is 11.8. The maximum absolute atomic E-state index is 11.8. The molecule has 1 fully saturated rings. The Hall–Kier alpha value is -2.68. The number of amides is 1. The van der Waals surface area contributed by atoms with Crippen LogP contribution in [-0.4, -0.2) is 66.7 Å². The molecule has 1 N–H and O–H groups in total. The molecule has 2 aromatic rings. The molecule has 1 saturated heterocycles. The van der Waals surface area contributed by atoms with E-state index in [0.717, 1.165) is 73.0 Å². The van der Waals surface area contributed by atoms with Crippen LogP contribution in [0.15, 0.2) is 24.5 Å². The highest BCUT2D eigenvalue weighted by molar-refractivity contribution is 6.32. The molecule has 0 saturated carbocycles. The normalized spacial score (nSPS) is 20.6. The Balaban J connectivity index is 1.17. The summed E-state index contributed by atoms with van der Waals surface area (Å²) in [6.45, 7) is 7.34. The smallest absolute Gasteiger partial charge is 0.214 e. The Morgan fingerprint density at radius 2 is 1.97 bits per heavy atom. The molecule has 5 rings (SSSR count). The van der Waals surface area contributed by atoms with E-state index in [1.54, 1.807) is 17.3 Å². The zero-order valence-corrected chi connectivity index (χ0v) is 20.1. The van der Waals surface area contributed by atoms with Crippen molar-refractivity contribution in [3.05, 3.63) is 46.5 Å². The molecule has 0 bridgehead atoms. The van der Waals surface area contributed by atoms with Crippen LogP contribution < -0.4 is 19.7 Å². The Morgan fingerprint density at radius 3 is 2.74 bits per heavy atom. The van der Waals surface area contributed by atoms with Gasteiger partial charge >= 0.3 is 0 Å². The Bertz CT molecular complexity index is 1070. The van der Waals surface area contributed by atoms with Crippen molar-refractivity contribution in [3.63, 3.8) is 0 Å². The standard InChI is InChI=1S/C25H30ClN5O3/c1-2-3-21-25-24(20(26)12-29-21)17(15-31(25)16-32)14-30-6-4-18(5-7-30)27-11-19-10-22-23(13-28-19)34-9-8-33-22/h2-3,10,12-13,16-18,27H,4-9,11,14-15H2,1H3/b3-2-. The highest BCUT2D eigenvalue weighted by Crippen LogP contribution is 2.42. The molecule has 1 unspecified atom stereocenters. The van der Waals surface area contributed by atoms with Crippen LogP contribution in [0.5, 0.6) is 11.5 Å². The van der Waals surface area contributed by atoms with Crippen molar-refractivity contribution in [1.29, 1.82) is 0 Å². The van der Waals surface area contributed by atoms with E-state index in [9.17, 15) is 4.79 Å². The van der Waals surface area contributed by atoms with Gasteiger partial charge in [0.05, 0.1) is 28.3 Å². The number of carbonyl (C=O) groups is 1. The number of halogens is 1. The lowest BCUT2D eigenvalue weighted by Gasteiger charge is -2.34. The molecule has 1 amide bonds. The summed E-state index contributed by atoms with van der Waals surface area (Å²) >= 11 is 6.56. The van der Waals surface area contributed by atoms with E-state index in [0.29, 0.717) is 37.4 Å². The summed E-state index contributed by atoms with van der Waals surface area (Å²) in [6, 6.07) is 2.41. The van der Waals surface area contributed by atoms with Gasteiger partial charge in [-0.05, 0) is 38.9 Å². The molecule has 0 aromatic carbocycles. The van der Waals surface area contributed by atoms with Crippen molar-refractivity contribution in [2.75, 3.05) is 44.3 Å². The summed E-state index contributed by atoms with van der Waals surface area (Å²) in [6.07, 6.45) is 10.3. The highest BCUT2D eigenvalue weighted by Gasteiger charge is 2.35. The fourth-order valence-corrected chi connectivity index (χ4v) is 5.40. The third-order valence-electron chi connectivity index (χ3n) is 6.76. The van der Waals surface area contributed by atoms with Crippen LogP contribution in [0.1, 0.15) is 42.6 Å². The Morgan fingerprint density at radius 1 is 1.18 bits per heavy atom. The number of rotatable bonds is 7. The van der Waals surface area contributed by atoms with E-state index < -0.39 is 0 Å². The Labute approximate surface area is 204 Å². The monoisotopic (exact) mass is 483 g/mol. The minimum Gasteiger partial charge on any atom is -0.486 e. The van der Waals surface area contributed by atoms with Crippen LogP contribution in [0.3, 0.4) is 0 Å². The van der Waals surface area contributed by atoms with E-state index in [1.165, 1.54) is 0 Å². The van der Waals surface area contributed by atoms with Crippen molar-refractivity contribution in [3.8, 4) is 11.5 Å². The number of nitrogens with one attached hydrogen (secondary N) is 1. The molecule has 0 spiro atoms. The number of fused-ring (bicyclic) bond motifs is 2. The first kappa shape index (κ1) is 23.1. The van der Waals surface area contributed by atoms with E-state index in [1.807, 2.05) is 25.1 Å². The quantitative estimate of drug-likeness (QED) is 0.605. The number of aromatic nitrogens is 2. The van der Waals surface area contributed by atoms with Gasteiger partial charge in [-0.15, -0.1) is 0 Å². The first-order chi connectivity index (χ1) is 16.7. The van der Waals surface area contributed by atoms with E-state index in [-0.39, 0.29) is 5.92 Å². The fraction of sp³-hybridized carbons (Fsp3) is 0.480. The molecule has 34 heavy (non-hydrogen) atoms. The lowest BCUT2D eigenvalue weighted by Crippen LogP contribution is -2.44. The molecule has 3 aliphatic rings. The molecule has 1 atom stereocenters. The van der Waals surface area contributed by atoms with E-state index >= 15 is 0 Å². The minimum atomic E-state index is 0.186. The summed E-state index contributed by atoms with van der Waals surface area (Å²) in [4.78, 5) is 24.9.